The van der Waals surface area contributed by atoms with Crippen molar-refractivity contribution in [2.24, 2.45) is 11.8 Å². The molecular weight excluding hydrogens is 556 g/mol. The second-order valence-electron chi connectivity index (χ2n) is 13.0. The average molecular weight is 599 g/mol. The molecule has 0 unspecified atom stereocenters. The van der Waals surface area contributed by atoms with Crippen molar-refractivity contribution in [1.82, 2.24) is 0 Å². The first kappa shape index (κ1) is 31.7. The van der Waals surface area contributed by atoms with Crippen LogP contribution in [0.25, 0.3) is 11.1 Å². The largest absolute Gasteiger partial charge is 0.423 e. The van der Waals surface area contributed by atoms with Crippen LogP contribution in [0, 0.1) is 11.8 Å². The molecule has 1 aliphatic rings. The first-order chi connectivity index (χ1) is 21.4. The van der Waals surface area contributed by atoms with Gasteiger partial charge in [0.05, 0.1) is 5.41 Å². The highest BCUT2D eigenvalue weighted by atomic mass is 16.5. The highest BCUT2D eigenvalue weighted by Gasteiger charge is 2.46. The summed E-state index contributed by atoms with van der Waals surface area (Å²) in [5.41, 5.74) is 8.84. The third kappa shape index (κ3) is 6.02. The third-order valence-electron chi connectivity index (χ3n) is 8.30. The van der Waals surface area contributed by atoms with Gasteiger partial charge in [0.2, 0.25) is 0 Å². The van der Waals surface area contributed by atoms with Crippen LogP contribution in [0.5, 0.6) is 11.5 Å². The normalized spacial score (nSPS) is 12.9. The Hall–Kier alpha value is -4.70. The fourth-order valence-electron chi connectivity index (χ4n) is 6.42. The molecule has 0 saturated carbocycles. The molecule has 0 heterocycles. The van der Waals surface area contributed by atoms with E-state index in [1.54, 1.807) is 13.8 Å². The molecule has 4 nitrogen and oxygen atoms in total. The van der Waals surface area contributed by atoms with Crippen LogP contribution >= 0.6 is 0 Å². The summed E-state index contributed by atoms with van der Waals surface area (Å²) in [5.74, 6) is 0.910. The monoisotopic (exact) mass is 598 g/mol. The number of carbonyl (C=O) groups excluding carboxylic acids is 2. The maximum atomic E-state index is 12.6. The van der Waals surface area contributed by atoms with Crippen LogP contribution < -0.4 is 9.47 Å². The Morgan fingerprint density at radius 2 is 1.00 bits per heavy atom. The number of hydrogen-bond donors (Lipinski definition) is 0. The molecule has 1 aliphatic carbocycles. The van der Waals surface area contributed by atoms with Crippen molar-refractivity contribution in [3.05, 3.63) is 143 Å². The van der Waals surface area contributed by atoms with Gasteiger partial charge in [0.1, 0.15) is 11.5 Å². The fraction of sp³-hybridized carbons (Fsp3) is 0.268. The molecule has 0 aliphatic heterocycles. The summed E-state index contributed by atoms with van der Waals surface area (Å²) in [5, 5.41) is 0. The van der Waals surface area contributed by atoms with Crippen LogP contribution in [0.3, 0.4) is 0 Å². The molecule has 0 atom stereocenters. The molecule has 0 saturated heterocycles. The Morgan fingerprint density at radius 1 is 0.622 bits per heavy atom. The minimum absolute atomic E-state index is 0.335. The third-order valence-corrected chi connectivity index (χ3v) is 8.30. The quantitative estimate of drug-likeness (QED) is 0.0913. The molecule has 230 valence electrons. The molecule has 4 aromatic carbocycles. The molecule has 0 amide bonds. The minimum atomic E-state index is -0.668. The maximum Gasteiger partial charge on any atom is 0.338 e. The Morgan fingerprint density at radius 3 is 1.36 bits per heavy atom. The summed E-state index contributed by atoms with van der Waals surface area (Å²) in [6.45, 7) is 19.5. The van der Waals surface area contributed by atoms with E-state index in [1.807, 2.05) is 12.1 Å². The lowest BCUT2D eigenvalue weighted by Gasteiger charge is -2.35. The predicted molar refractivity (Wildman–Crippen MR) is 182 cm³/mol. The van der Waals surface area contributed by atoms with Crippen molar-refractivity contribution < 1.29 is 19.1 Å². The van der Waals surface area contributed by atoms with E-state index in [0.717, 1.165) is 35.1 Å². The Balaban J connectivity index is 1.82. The van der Waals surface area contributed by atoms with Crippen LogP contribution in [-0.4, -0.2) is 11.9 Å². The van der Waals surface area contributed by atoms with E-state index in [2.05, 4.69) is 114 Å². The van der Waals surface area contributed by atoms with Crippen LogP contribution in [0.4, 0.5) is 0 Å². The zero-order valence-electron chi connectivity index (χ0n) is 27.2. The highest BCUT2D eigenvalue weighted by molar-refractivity contribution is 5.90. The van der Waals surface area contributed by atoms with Gasteiger partial charge in [0.25, 0.3) is 0 Å². The van der Waals surface area contributed by atoms with Gasteiger partial charge in [-0.1, -0.05) is 114 Å². The molecule has 0 aromatic heterocycles. The Bertz CT molecular complexity index is 1670. The van der Waals surface area contributed by atoms with Crippen molar-refractivity contribution in [2.75, 3.05) is 0 Å². The van der Waals surface area contributed by atoms with E-state index in [1.165, 1.54) is 22.3 Å². The van der Waals surface area contributed by atoms with Crippen molar-refractivity contribution in [3.63, 3.8) is 0 Å². The standard InChI is InChI=1S/C41H42O4/c1-25(2)21-29-23-31(17-19-37(29)44-39(42)27(5)6)41(35-15-11-9-13-33(35)34-14-10-12-16-36(34)41)32-18-20-38(45-40(43)28(7)8)30(24-32)22-26(3)4/h9-20,23-26H,5,7,21-22H2,1-4,6,8H3. The van der Waals surface area contributed by atoms with Crippen molar-refractivity contribution >= 4 is 11.9 Å². The summed E-state index contributed by atoms with van der Waals surface area (Å²) in [4.78, 5) is 25.2. The Labute approximate surface area is 267 Å². The van der Waals surface area contributed by atoms with Gasteiger partial charge in [-0.15, -0.1) is 0 Å². The molecule has 0 spiro atoms. The van der Waals surface area contributed by atoms with E-state index >= 15 is 0 Å². The summed E-state index contributed by atoms with van der Waals surface area (Å²) in [6, 6.07) is 29.6. The number of esters is 2. The molecule has 4 heteroatoms. The van der Waals surface area contributed by atoms with Gasteiger partial charge in [-0.2, -0.15) is 0 Å². The first-order valence-corrected chi connectivity index (χ1v) is 15.6. The number of benzene rings is 4. The second-order valence-corrected chi connectivity index (χ2v) is 13.0. The highest BCUT2D eigenvalue weighted by Crippen LogP contribution is 2.56. The summed E-state index contributed by atoms with van der Waals surface area (Å²) in [7, 11) is 0. The van der Waals surface area contributed by atoms with Gasteiger partial charge in [-0.05, 0) is 95.2 Å². The van der Waals surface area contributed by atoms with E-state index < -0.39 is 17.4 Å². The van der Waals surface area contributed by atoms with E-state index in [0.29, 0.717) is 34.5 Å². The summed E-state index contributed by atoms with van der Waals surface area (Å²) >= 11 is 0. The number of ether oxygens (including phenoxy) is 2. The van der Waals surface area contributed by atoms with Gasteiger partial charge in [-0.3, -0.25) is 0 Å². The lowest BCUT2D eigenvalue weighted by Crippen LogP contribution is -2.29. The van der Waals surface area contributed by atoms with Crippen molar-refractivity contribution in [1.29, 1.82) is 0 Å². The molecule has 4 aromatic rings. The van der Waals surface area contributed by atoms with E-state index in [9.17, 15) is 9.59 Å². The lowest BCUT2D eigenvalue weighted by molar-refractivity contribution is -0.131. The summed E-state index contributed by atoms with van der Waals surface area (Å²) < 4.78 is 11.7. The van der Waals surface area contributed by atoms with Crippen LogP contribution in [-0.2, 0) is 27.8 Å². The van der Waals surface area contributed by atoms with Gasteiger partial charge in [0, 0.05) is 11.1 Å². The van der Waals surface area contributed by atoms with Crippen molar-refractivity contribution in [2.45, 2.75) is 59.8 Å². The SMILES string of the molecule is C=C(C)C(=O)Oc1ccc(C2(c3ccc(OC(=O)C(=C)C)c(CC(C)C)c3)c3ccccc3-c3ccccc32)cc1CC(C)C. The van der Waals surface area contributed by atoms with Crippen LogP contribution in [0.2, 0.25) is 0 Å². The minimum Gasteiger partial charge on any atom is -0.423 e. The lowest BCUT2D eigenvalue weighted by atomic mass is 9.67. The van der Waals surface area contributed by atoms with Gasteiger partial charge in [0.15, 0.2) is 0 Å². The van der Waals surface area contributed by atoms with Crippen LogP contribution in [0.1, 0.15) is 74.9 Å². The Kier molecular flexibility index (Phi) is 8.97. The first-order valence-electron chi connectivity index (χ1n) is 15.6. The smallest absolute Gasteiger partial charge is 0.338 e. The van der Waals surface area contributed by atoms with Crippen molar-refractivity contribution in [3.8, 4) is 22.6 Å². The predicted octanol–water partition coefficient (Wildman–Crippen LogP) is 9.41. The number of fused-ring (bicyclic) bond motifs is 3. The number of rotatable bonds is 10. The van der Waals surface area contributed by atoms with Crippen LogP contribution in [0.15, 0.2) is 109 Å². The topological polar surface area (TPSA) is 52.6 Å². The number of carbonyl (C=O) groups is 2. The van der Waals surface area contributed by atoms with E-state index in [4.69, 9.17) is 9.47 Å². The average Bonchev–Trinajstić information content (AvgIpc) is 3.29. The number of hydrogen-bond acceptors (Lipinski definition) is 4. The maximum absolute atomic E-state index is 12.6. The molecule has 5 rings (SSSR count). The summed E-state index contributed by atoms with van der Waals surface area (Å²) in [6.07, 6.45) is 1.47. The second kappa shape index (κ2) is 12.7. The van der Waals surface area contributed by atoms with Gasteiger partial charge >= 0.3 is 11.9 Å². The zero-order valence-corrected chi connectivity index (χ0v) is 27.2. The van der Waals surface area contributed by atoms with E-state index in [-0.39, 0.29) is 0 Å². The molecule has 45 heavy (non-hydrogen) atoms. The van der Waals surface area contributed by atoms with Gasteiger partial charge in [-0.25, -0.2) is 9.59 Å². The molecule has 0 N–H and O–H groups in total. The molecular formula is C41H42O4. The molecule has 0 radical (unpaired) electrons. The molecule has 0 fully saturated rings. The zero-order chi connectivity index (χ0) is 32.5. The fourth-order valence-corrected chi connectivity index (χ4v) is 6.42. The van der Waals surface area contributed by atoms with Gasteiger partial charge < -0.3 is 9.47 Å². The molecule has 0 bridgehead atoms.